The van der Waals surface area contributed by atoms with E-state index in [1.807, 2.05) is 38.1 Å². The van der Waals surface area contributed by atoms with Gasteiger partial charge in [-0.25, -0.2) is 4.98 Å². The third kappa shape index (κ3) is 3.28. The number of aryl methyl sites for hydroxylation is 1. The van der Waals surface area contributed by atoms with Gasteiger partial charge >= 0.3 is 0 Å². The van der Waals surface area contributed by atoms with Gasteiger partial charge in [-0.05, 0) is 48.9 Å². The van der Waals surface area contributed by atoms with E-state index in [1.54, 1.807) is 6.20 Å². The molecule has 23 heavy (non-hydrogen) atoms. The smallest absolute Gasteiger partial charge is 0.172 e. The summed E-state index contributed by atoms with van der Waals surface area (Å²) in [5.41, 5.74) is 4.12. The zero-order chi connectivity index (χ0) is 16.4. The van der Waals surface area contributed by atoms with Crippen LogP contribution >= 0.6 is 27.7 Å². The fraction of sp³-hybridized carbons (Fsp3) is 0.125. The molecule has 0 fully saturated rings. The summed E-state index contributed by atoms with van der Waals surface area (Å²) in [5.74, 6) is 0. The fourth-order valence-electron chi connectivity index (χ4n) is 2.01. The van der Waals surface area contributed by atoms with Gasteiger partial charge in [-0.15, -0.1) is 5.10 Å². The highest BCUT2D eigenvalue weighted by atomic mass is 79.9. The van der Waals surface area contributed by atoms with Gasteiger partial charge in [-0.1, -0.05) is 28.1 Å². The maximum atomic E-state index is 9.34. The molecule has 0 aliphatic carbocycles. The van der Waals surface area contributed by atoms with Crippen molar-refractivity contribution in [3.8, 4) is 17.3 Å². The summed E-state index contributed by atoms with van der Waals surface area (Å²) in [6.07, 6.45) is 1.77. The fourth-order valence-corrected chi connectivity index (χ4v) is 3.11. The molecule has 0 aliphatic heterocycles. The maximum absolute atomic E-state index is 9.34. The molecule has 2 heterocycles. The number of aromatic amines is 1. The van der Waals surface area contributed by atoms with Crippen molar-refractivity contribution in [3.05, 3.63) is 51.8 Å². The van der Waals surface area contributed by atoms with Crippen LogP contribution in [0.15, 0.2) is 45.1 Å². The minimum atomic E-state index is 0.545. The number of H-pyrrole nitrogens is 1. The van der Waals surface area contributed by atoms with Crippen LogP contribution in [0.3, 0.4) is 0 Å². The lowest BCUT2D eigenvalue weighted by Gasteiger charge is -2.04. The SMILES string of the molecule is Cc1nnc(Sc2ncc(-c3ccc(Br)cc3)[nH]2)c(C#N)c1C. The molecule has 7 heteroatoms. The second kappa shape index (κ2) is 6.52. The van der Waals surface area contributed by atoms with E-state index >= 15 is 0 Å². The monoisotopic (exact) mass is 385 g/mol. The highest BCUT2D eigenvalue weighted by molar-refractivity contribution is 9.10. The van der Waals surface area contributed by atoms with E-state index in [2.05, 4.69) is 42.2 Å². The summed E-state index contributed by atoms with van der Waals surface area (Å²) in [5, 5.41) is 18.8. The van der Waals surface area contributed by atoms with Crippen LogP contribution in [0.1, 0.15) is 16.8 Å². The first-order valence-corrected chi connectivity index (χ1v) is 8.42. The van der Waals surface area contributed by atoms with Gasteiger partial charge in [-0.3, -0.25) is 0 Å². The Balaban J connectivity index is 1.89. The van der Waals surface area contributed by atoms with Gasteiger partial charge in [0.25, 0.3) is 0 Å². The van der Waals surface area contributed by atoms with E-state index in [9.17, 15) is 5.26 Å². The summed E-state index contributed by atoms with van der Waals surface area (Å²) in [6.45, 7) is 3.72. The molecule has 5 nitrogen and oxygen atoms in total. The summed E-state index contributed by atoms with van der Waals surface area (Å²) in [7, 11) is 0. The van der Waals surface area contributed by atoms with Gasteiger partial charge in [0.2, 0.25) is 0 Å². The van der Waals surface area contributed by atoms with Gasteiger partial charge in [0.05, 0.1) is 23.1 Å². The molecule has 0 atom stereocenters. The lowest BCUT2D eigenvalue weighted by molar-refractivity contribution is 0.867. The Morgan fingerprint density at radius 2 is 1.91 bits per heavy atom. The molecule has 0 spiro atoms. The van der Waals surface area contributed by atoms with Crippen LogP contribution in [0, 0.1) is 25.2 Å². The molecule has 0 aliphatic rings. The largest absolute Gasteiger partial charge is 0.333 e. The predicted octanol–water partition coefficient (Wildman–Crippen LogP) is 4.27. The topological polar surface area (TPSA) is 78.2 Å². The average molecular weight is 386 g/mol. The third-order valence-corrected chi connectivity index (χ3v) is 4.84. The number of hydrogen-bond acceptors (Lipinski definition) is 5. The van der Waals surface area contributed by atoms with Gasteiger partial charge in [0, 0.05) is 4.47 Å². The van der Waals surface area contributed by atoms with Crippen molar-refractivity contribution in [2.45, 2.75) is 24.0 Å². The number of imidazole rings is 1. The third-order valence-electron chi connectivity index (χ3n) is 3.44. The Hall–Kier alpha value is -2.17. The Morgan fingerprint density at radius 3 is 2.61 bits per heavy atom. The average Bonchev–Trinajstić information content (AvgIpc) is 3.00. The summed E-state index contributed by atoms with van der Waals surface area (Å²) < 4.78 is 1.03. The molecular weight excluding hydrogens is 374 g/mol. The van der Waals surface area contributed by atoms with Crippen molar-refractivity contribution in [1.29, 1.82) is 5.26 Å². The zero-order valence-electron chi connectivity index (χ0n) is 12.5. The molecule has 0 saturated heterocycles. The first-order valence-electron chi connectivity index (χ1n) is 6.81. The van der Waals surface area contributed by atoms with Crippen LogP contribution in [0.25, 0.3) is 11.3 Å². The molecule has 0 amide bonds. The Bertz CT molecular complexity index is 896. The van der Waals surface area contributed by atoms with Crippen LogP contribution in [-0.4, -0.2) is 20.2 Å². The van der Waals surface area contributed by atoms with E-state index in [0.717, 1.165) is 27.0 Å². The van der Waals surface area contributed by atoms with Crippen molar-refractivity contribution in [2.75, 3.05) is 0 Å². The van der Waals surface area contributed by atoms with E-state index < -0.39 is 0 Å². The molecule has 3 aromatic rings. The van der Waals surface area contributed by atoms with E-state index in [4.69, 9.17) is 0 Å². The number of aromatic nitrogens is 4. The van der Waals surface area contributed by atoms with Gasteiger partial charge in [-0.2, -0.15) is 10.4 Å². The zero-order valence-corrected chi connectivity index (χ0v) is 14.9. The first-order chi connectivity index (χ1) is 11.1. The van der Waals surface area contributed by atoms with E-state index in [-0.39, 0.29) is 0 Å². The minimum absolute atomic E-state index is 0.545. The van der Waals surface area contributed by atoms with Crippen LogP contribution < -0.4 is 0 Å². The first kappa shape index (κ1) is 15.7. The molecule has 1 N–H and O–H groups in total. The van der Waals surface area contributed by atoms with Crippen LogP contribution in [0.4, 0.5) is 0 Å². The summed E-state index contributed by atoms with van der Waals surface area (Å²) in [4.78, 5) is 7.60. The van der Waals surface area contributed by atoms with Crippen LogP contribution in [0.2, 0.25) is 0 Å². The molecule has 3 rings (SSSR count). The lowest BCUT2D eigenvalue weighted by Crippen LogP contribution is -1.99. The number of nitrogens with one attached hydrogen (secondary N) is 1. The number of nitriles is 1. The van der Waals surface area contributed by atoms with Crippen molar-refractivity contribution >= 4 is 27.7 Å². The van der Waals surface area contributed by atoms with Crippen molar-refractivity contribution in [3.63, 3.8) is 0 Å². The number of hydrogen-bond donors (Lipinski definition) is 1. The number of rotatable bonds is 3. The predicted molar refractivity (Wildman–Crippen MR) is 92.1 cm³/mol. The van der Waals surface area contributed by atoms with Crippen LogP contribution in [-0.2, 0) is 0 Å². The van der Waals surface area contributed by atoms with Gasteiger partial charge in [0.15, 0.2) is 5.16 Å². The molecule has 0 saturated carbocycles. The van der Waals surface area contributed by atoms with Crippen LogP contribution in [0.5, 0.6) is 0 Å². The molecule has 1 aromatic carbocycles. The lowest BCUT2D eigenvalue weighted by atomic mass is 10.1. The molecule has 114 valence electrons. The highest BCUT2D eigenvalue weighted by Gasteiger charge is 2.14. The maximum Gasteiger partial charge on any atom is 0.172 e. The molecule has 2 aromatic heterocycles. The molecule has 0 bridgehead atoms. The summed E-state index contributed by atoms with van der Waals surface area (Å²) >= 11 is 4.73. The highest BCUT2D eigenvalue weighted by Crippen LogP contribution is 2.30. The minimum Gasteiger partial charge on any atom is -0.333 e. The molecular formula is C16H12BrN5S. The molecule has 0 unspecified atom stereocenters. The van der Waals surface area contributed by atoms with Crippen molar-refractivity contribution in [1.82, 2.24) is 20.2 Å². The summed E-state index contributed by atoms with van der Waals surface area (Å²) in [6, 6.07) is 10.2. The van der Waals surface area contributed by atoms with Crippen molar-refractivity contribution < 1.29 is 0 Å². The van der Waals surface area contributed by atoms with Crippen molar-refractivity contribution in [2.24, 2.45) is 0 Å². The number of nitrogens with zero attached hydrogens (tertiary/aromatic N) is 4. The standard InChI is InChI=1S/C16H12BrN5S/c1-9-10(2)21-22-15(13(9)7-18)23-16-19-8-14(20-16)11-3-5-12(17)6-4-11/h3-6,8H,1-2H3,(H,19,20). The Labute approximate surface area is 146 Å². The van der Waals surface area contributed by atoms with E-state index in [0.29, 0.717) is 15.7 Å². The Morgan fingerprint density at radius 1 is 1.17 bits per heavy atom. The van der Waals surface area contributed by atoms with E-state index in [1.165, 1.54) is 11.8 Å². The second-order valence-corrected chi connectivity index (χ2v) is 6.81. The van der Waals surface area contributed by atoms with Gasteiger partial charge in [0.1, 0.15) is 11.1 Å². The number of benzene rings is 1. The molecule has 0 radical (unpaired) electrons. The Kier molecular flexibility index (Phi) is 4.46. The normalized spacial score (nSPS) is 10.5. The quantitative estimate of drug-likeness (QED) is 0.727. The second-order valence-electron chi connectivity index (χ2n) is 4.91. The number of halogens is 1. The van der Waals surface area contributed by atoms with Gasteiger partial charge < -0.3 is 4.98 Å².